The van der Waals surface area contributed by atoms with E-state index < -0.39 is 15.7 Å². The Morgan fingerprint density at radius 3 is 2.45 bits per heavy atom. The molecule has 4 rings (SSSR count). The van der Waals surface area contributed by atoms with E-state index in [-0.39, 0.29) is 16.0 Å². The SMILES string of the molecule is CC(C)(C)c1ccc(S(=O)(=O)Nc2ccc(Cl)cc2-n2c(=O)[nH]c3ccncc32)cc1. The summed E-state index contributed by atoms with van der Waals surface area (Å²) in [6, 6.07) is 13.0. The molecule has 0 amide bonds. The van der Waals surface area contributed by atoms with Gasteiger partial charge in [-0.05, 0) is 47.4 Å². The third-order valence-electron chi connectivity index (χ3n) is 4.96. The molecule has 9 heteroatoms. The van der Waals surface area contributed by atoms with E-state index in [1.54, 1.807) is 42.6 Å². The molecule has 0 aliphatic carbocycles. The second-order valence-electron chi connectivity index (χ2n) is 8.20. The van der Waals surface area contributed by atoms with Crippen molar-refractivity contribution < 1.29 is 8.42 Å². The van der Waals surface area contributed by atoms with Crippen molar-refractivity contribution in [2.24, 2.45) is 0 Å². The molecule has 160 valence electrons. The normalized spacial score (nSPS) is 12.3. The summed E-state index contributed by atoms with van der Waals surface area (Å²) in [5.74, 6) is 0. The van der Waals surface area contributed by atoms with Crippen molar-refractivity contribution in [3.8, 4) is 5.69 Å². The third kappa shape index (κ3) is 4.08. The maximum atomic E-state index is 13.1. The van der Waals surface area contributed by atoms with Crippen molar-refractivity contribution in [3.05, 3.63) is 82.0 Å². The Balaban J connectivity index is 1.80. The van der Waals surface area contributed by atoms with Crippen LogP contribution in [0.3, 0.4) is 0 Å². The predicted molar refractivity (Wildman–Crippen MR) is 123 cm³/mol. The number of halogens is 1. The summed E-state index contributed by atoms with van der Waals surface area (Å²) in [7, 11) is -3.90. The number of nitrogens with one attached hydrogen (secondary N) is 2. The summed E-state index contributed by atoms with van der Waals surface area (Å²) in [5.41, 5.74) is 2.10. The van der Waals surface area contributed by atoms with E-state index in [9.17, 15) is 13.2 Å². The van der Waals surface area contributed by atoms with Gasteiger partial charge in [0.25, 0.3) is 10.0 Å². The van der Waals surface area contributed by atoms with Gasteiger partial charge in [0.15, 0.2) is 0 Å². The van der Waals surface area contributed by atoms with Crippen LogP contribution in [0, 0.1) is 0 Å². The van der Waals surface area contributed by atoms with Gasteiger partial charge in [-0.2, -0.15) is 0 Å². The highest BCUT2D eigenvalue weighted by Crippen LogP contribution is 2.29. The highest BCUT2D eigenvalue weighted by atomic mass is 35.5. The second-order valence-corrected chi connectivity index (χ2v) is 10.3. The fourth-order valence-electron chi connectivity index (χ4n) is 3.30. The molecule has 0 aliphatic heterocycles. The van der Waals surface area contributed by atoms with E-state index >= 15 is 0 Å². The van der Waals surface area contributed by atoms with Gasteiger partial charge >= 0.3 is 5.69 Å². The van der Waals surface area contributed by atoms with Gasteiger partial charge in [0.05, 0.1) is 33.5 Å². The zero-order valence-corrected chi connectivity index (χ0v) is 18.8. The van der Waals surface area contributed by atoms with E-state index in [1.165, 1.54) is 22.9 Å². The molecule has 0 aliphatic rings. The molecular weight excluding hydrogens is 436 g/mol. The summed E-state index contributed by atoms with van der Waals surface area (Å²) in [6.07, 6.45) is 3.09. The van der Waals surface area contributed by atoms with Gasteiger partial charge in [-0.25, -0.2) is 13.2 Å². The van der Waals surface area contributed by atoms with Crippen LogP contribution in [-0.2, 0) is 15.4 Å². The maximum Gasteiger partial charge on any atom is 0.331 e. The van der Waals surface area contributed by atoms with Crippen LogP contribution in [0.2, 0.25) is 5.02 Å². The highest BCUT2D eigenvalue weighted by molar-refractivity contribution is 7.92. The summed E-state index contributed by atoms with van der Waals surface area (Å²) < 4.78 is 30.1. The lowest BCUT2D eigenvalue weighted by molar-refractivity contribution is 0.587. The number of imidazole rings is 1. The predicted octanol–water partition coefficient (Wildman–Crippen LogP) is 4.47. The number of anilines is 1. The number of sulfonamides is 1. The number of H-pyrrole nitrogens is 1. The Hall–Kier alpha value is -3.10. The molecule has 31 heavy (non-hydrogen) atoms. The van der Waals surface area contributed by atoms with E-state index in [0.717, 1.165) is 5.56 Å². The smallest absolute Gasteiger partial charge is 0.305 e. The van der Waals surface area contributed by atoms with Gasteiger partial charge in [-0.15, -0.1) is 0 Å². The van der Waals surface area contributed by atoms with Crippen LogP contribution in [0.15, 0.2) is 70.6 Å². The monoisotopic (exact) mass is 456 g/mol. The highest BCUT2D eigenvalue weighted by Gasteiger charge is 2.21. The molecule has 7 nitrogen and oxygen atoms in total. The number of aromatic nitrogens is 3. The molecule has 2 aromatic heterocycles. The van der Waals surface area contributed by atoms with Gasteiger partial charge in [0.2, 0.25) is 0 Å². The minimum atomic E-state index is -3.90. The molecule has 0 saturated heterocycles. The van der Waals surface area contributed by atoms with Crippen molar-refractivity contribution in [1.82, 2.24) is 14.5 Å². The van der Waals surface area contributed by atoms with E-state index in [2.05, 4.69) is 35.5 Å². The zero-order chi connectivity index (χ0) is 22.4. The third-order valence-corrected chi connectivity index (χ3v) is 6.58. The fourth-order valence-corrected chi connectivity index (χ4v) is 4.54. The van der Waals surface area contributed by atoms with Crippen LogP contribution in [-0.4, -0.2) is 23.0 Å². The molecule has 0 radical (unpaired) electrons. The lowest BCUT2D eigenvalue weighted by atomic mass is 9.87. The summed E-state index contributed by atoms with van der Waals surface area (Å²) in [4.78, 5) is 19.5. The number of hydrogen-bond donors (Lipinski definition) is 2. The van der Waals surface area contributed by atoms with Crippen LogP contribution in [0.5, 0.6) is 0 Å². The van der Waals surface area contributed by atoms with Crippen molar-refractivity contribution in [3.63, 3.8) is 0 Å². The first-order valence-corrected chi connectivity index (χ1v) is 11.4. The average Bonchev–Trinajstić information content (AvgIpc) is 3.04. The molecule has 2 heterocycles. The van der Waals surface area contributed by atoms with Gasteiger partial charge in [-0.3, -0.25) is 14.3 Å². The molecule has 0 spiro atoms. The molecule has 0 unspecified atom stereocenters. The molecule has 0 saturated carbocycles. The number of fused-ring (bicyclic) bond motifs is 1. The Bertz CT molecular complexity index is 1430. The van der Waals surface area contributed by atoms with Gasteiger partial charge in [0.1, 0.15) is 0 Å². The zero-order valence-electron chi connectivity index (χ0n) is 17.2. The van der Waals surface area contributed by atoms with Crippen molar-refractivity contribution >= 4 is 38.3 Å². The number of benzene rings is 2. The number of pyridine rings is 1. The summed E-state index contributed by atoms with van der Waals surface area (Å²) in [6.45, 7) is 6.17. The summed E-state index contributed by atoms with van der Waals surface area (Å²) in [5, 5.41) is 0.359. The molecular formula is C22H21ClN4O3S. The Kier molecular flexibility index (Phi) is 5.15. The first-order chi connectivity index (χ1) is 14.6. The molecule has 0 atom stereocenters. The van der Waals surface area contributed by atoms with Gasteiger partial charge < -0.3 is 4.98 Å². The van der Waals surface area contributed by atoms with Crippen molar-refractivity contribution in [2.45, 2.75) is 31.1 Å². The van der Waals surface area contributed by atoms with E-state index in [0.29, 0.717) is 21.7 Å². The Morgan fingerprint density at radius 2 is 1.77 bits per heavy atom. The van der Waals surface area contributed by atoms with Crippen molar-refractivity contribution in [1.29, 1.82) is 0 Å². The minimum absolute atomic E-state index is 0.0936. The standard InChI is InChI=1S/C22H21ClN4O3S/c1-22(2,3)14-4-7-16(8-5-14)31(29,30)26-18-9-6-15(23)12-19(18)27-20-13-24-11-10-17(20)25-21(27)28/h4-13,26H,1-3H3,(H,25,28). The Morgan fingerprint density at radius 1 is 1.06 bits per heavy atom. The lowest BCUT2D eigenvalue weighted by Gasteiger charge is -2.19. The van der Waals surface area contributed by atoms with Crippen LogP contribution < -0.4 is 10.4 Å². The van der Waals surface area contributed by atoms with Gasteiger partial charge in [-0.1, -0.05) is 44.5 Å². The van der Waals surface area contributed by atoms with Gasteiger partial charge in [0, 0.05) is 11.2 Å². The van der Waals surface area contributed by atoms with Crippen molar-refractivity contribution in [2.75, 3.05) is 4.72 Å². The second kappa shape index (κ2) is 7.55. The number of rotatable bonds is 4. The molecule has 0 fully saturated rings. The number of hydrogen-bond acceptors (Lipinski definition) is 4. The summed E-state index contributed by atoms with van der Waals surface area (Å²) >= 11 is 6.17. The Labute approximate surface area is 184 Å². The van der Waals surface area contributed by atoms with Crippen LogP contribution in [0.25, 0.3) is 16.7 Å². The van der Waals surface area contributed by atoms with E-state index in [1.807, 2.05) is 0 Å². The molecule has 4 aromatic rings. The first-order valence-electron chi connectivity index (χ1n) is 9.54. The quantitative estimate of drug-likeness (QED) is 0.473. The largest absolute Gasteiger partial charge is 0.331 e. The fraction of sp³-hybridized carbons (Fsp3) is 0.182. The number of aromatic amines is 1. The molecule has 0 bridgehead atoms. The molecule has 2 N–H and O–H groups in total. The lowest BCUT2D eigenvalue weighted by Crippen LogP contribution is -2.19. The number of nitrogens with zero attached hydrogens (tertiary/aromatic N) is 2. The average molecular weight is 457 g/mol. The topological polar surface area (TPSA) is 96.9 Å². The van der Waals surface area contributed by atoms with Crippen LogP contribution in [0.4, 0.5) is 5.69 Å². The maximum absolute atomic E-state index is 13.1. The first kappa shape index (κ1) is 21.1. The minimum Gasteiger partial charge on any atom is -0.305 e. The van der Waals surface area contributed by atoms with E-state index in [4.69, 9.17) is 11.6 Å². The molecule has 2 aromatic carbocycles. The van der Waals surface area contributed by atoms with Crippen LogP contribution in [0.1, 0.15) is 26.3 Å². The van der Waals surface area contributed by atoms with Crippen LogP contribution >= 0.6 is 11.6 Å².